The molecule has 1 saturated heterocycles. The van der Waals surface area contributed by atoms with Gasteiger partial charge in [-0.3, -0.25) is 4.79 Å². The molecule has 1 aliphatic heterocycles. The lowest BCUT2D eigenvalue weighted by atomic mass is 10.0. The molecule has 0 saturated carbocycles. The van der Waals surface area contributed by atoms with Crippen LogP contribution in [-0.4, -0.2) is 48.9 Å². The summed E-state index contributed by atoms with van der Waals surface area (Å²) in [6.07, 6.45) is -2.73. The Kier molecular flexibility index (Phi) is 5.11. The zero-order valence-electron chi connectivity index (χ0n) is 12.9. The fourth-order valence-corrected chi connectivity index (χ4v) is 2.83. The van der Waals surface area contributed by atoms with Gasteiger partial charge in [0.25, 0.3) is 0 Å². The molecule has 2 rings (SSSR count). The number of nitrogens with zero attached hydrogens (tertiary/aromatic N) is 2. The number of likely N-dealkylation sites (N-methyl/N-ethyl adjacent to an activating group) is 1. The van der Waals surface area contributed by atoms with E-state index >= 15 is 0 Å². The van der Waals surface area contributed by atoms with Crippen molar-refractivity contribution in [2.24, 2.45) is 0 Å². The molecular weight excluding hydrogens is 293 g/mol. The first kappa shape index (κ1) is 16.8. The van der Waals surface area contributed by atoms with Gasteiger partial charge < -0.3 is 9.80 Å². The van der Waals surface area contributed by atoms with Crippen molar-refractivity contribution >= 4 is 5.91 Å². The Labute approximate surface area is 128 Å². The third-order valence-corrected chi connectivity index (χ3v) is 4.14. The average Bonchev–Trinajstić information content (AvgIpc) is 2.46. The van der Waals surface area contributed by atoms with Crippen LogP contribution in [0.5, 0.6) is 0 Å². The van der Waals surface area contributed by atoms with Gasteiger partial charge in [-0.25, -0.2) is 0 Å². The lowest BCUT2D eigenvalue weighted by Crippen LogP contribution is -2.48. The number of halogens is 3. The van der Waals surface area contributed by atoms with Crippen molar-refractivity contribution in [1.82, 2.24) is 9.80 Å². The Morgan fingerprint density at radius 3 is 2.64 bits per heavy atom. The van der Waals surface area contributed by atoms with E-state index in [2.05, 4.69) is 4.90 Å². The van der Waals surface area contributed by atoms with Gasteiger partial charge in [-0.1, -0.05) is 18.2 Å². The number of carbonyl (C=O) groups excluding carboxylic acids is 1. The number of rotatable bonds is 3. The van der Waals surface area contributed by atoms with Crippen LogP contribution >= 0.6 is 0 Å². The van der Waals surface area contributed by atoms with Gasteiger partial charge in [0.15, 0.2) is 0 Å². The maximum absolute atomic E-state index is 13.0. The molecule has 1 aliphatic rings. The minimum atomic E-state index is -4.43. The van der Waals surface area contributed by atoms with Crippen LogP contribution in [0.1, 0.15) is 24.0 Å². The topological polar surface area (TPSA) is 23.6 Å². The lowest BCUT2D eigenvalue weighted by Gasteiger charge is -2.36. The first-order valence-corrected chi connectivity index (χ1v) is 7.38. The van der Waals surface area contributed by atoms with Gasteiger partial charge in [-0.2, -0.15) is 13.2 Å². The average molecular weight is 314 g/mol. The molecule has 0 aromatic heterocycles. The summed E-state index contributed by atoms with van der Waals surface area (Å²) in [7, 11) is 3.91. The fourth-order valence-electron chi connectivity index (χ4n) is 2.83. The molecule has 3 nitrogen and oxygen atoms in total. The second-order valence-corrected chi connectivity index (χ2v) is 5.93. The van der Waals surface area contributed by atoms with Gasteiger partial charge in [0, 0.05) is 19.1 Å². The zero-order valence-corrected chi connectivity index (χ0v) is 12.9. The Morgan fingerprint density at radius 1 is 1.32 bits per heavy atom. The molecule has 6 heteroatoms. The van der Waals surface area contributed by atoms with Crippen LogP contribution in [-0.2, 0) is 17.4 Å². The normalized spacial score (nSPS) is 19.5. The molecule has 0 unspecified atom stereocenters. The van der Waals surface area contributed by atoms with Gasteiger partial charge in [0.2, 0.25) is 5.91 Å². The number of alkyl halides is 3. The van der Waals surface area contributed by atoms with Gasteiger partial charge in [-0.05, 0) is 38.6 Å². The van der Waals surface area contributed by atoms with Crippen LogP contribution in [0, 0.1) is 0 Å². The highest BCUT2D eigenvalue weighted by Crippen LogP contribution is 2.32. The quantitative estimate of drug-likeness (QED) is 0.856. The zero-order chi connectivity index (χ0) is 16.3. The highest BCUT2D eigenvalue weighted by atomic mass is 19.4. The van der Waals surface area contributed by atoms with Crippen molar-refractivity contribution < 1.29 is 18.0 Å². The standard InChI is InChI=1S/C16H21F3N2O/c1-20(2)13-7-5-9-21(11-13)15(22)10-12-6-3-4-8-14(12)16(17,18)19/h3-4,6,8,13H,5,7,9-11H2,1-2H3/t13-/m1/s1. The summed E-state index contributed by atoms with van der Waals surface area (Å²) in [6, 6.07) is 5.57. The summed E-state index contributed by atoms with van der Waals surface area (Å²) in [5.74, 6) is -0.233. The Bertz CT molecular complexity index is 528. The summed E-state index contributed by atoms with van der Waals surface area (Å²) in [5.41, 5.74) is -0.670. The van der Waals surface area contributed by atoms with E-state index in [4.69, 9.17) is 0 Å². The van der Waals surface area contributed by atoms with Crippen molar-refractivity contribution in [3.8, 4) is 0 Å². The molecule has 1 fully saturated rings. The van der Waals surface area contributed by atoms with E-state index < -0.39 is 11.7 Å². The van der Waals surface area contributed by atoms with Crippen molar-refractivity contribution in [2.45, 2.75) is 31.5 Å². The minimum absolute atomic E-state index is 0.0481. The van der Waals surface area contributed by atoms with E-state index in [1.807, 2.05) is 14.1 Å². The predicted molar refractivity (Wildman–Crippen MR) is 78.4 cm³/mol. The first-order valence-electron chi connectivity index (χ1n) is 7.38. The highest BCUT2D eigenvalue weighted by Gasteiger charge is 2.34. The fraction of sp³-hybridized carbons (Fsp3) is 0.562. The van der Waals surface area contributed by atoms with Crippen LogP contribution in [0.3, 0.4) is 0 Å². The molecule has 1 heterocycles. The van der Waals surface area contributed by atoms with Crippen molar-refractivity contribution in [3.05, 3.63) is 35.4 Å². The molecule has 0 aliphatic carbocycles. The van der Waals surface area contributed by atoms with Crippen LogP contribution in [0.2, 0.25) is 0 Å². The van der Waals surface area contributed by atoms with E-state index in [-0.39, 0.29) is 23.9 Å². The molecule has 0 spiro atoms. The van der Waals surface area contributed by atoms with Crippen LogP contribution < -0.4 is 0 Å². The molecule has 122 valence electrons. The van der Waals surface area contributed by atoms with Crippen molar-refractivity contribution in [3.63, 3.8) is 0 Å². The third kappa shape index (κ3) is 4.00. The summed E-state index contributed by atoms with van der Waals surface area (Å²) >= 11 is 0. The largest absolute Gasteiger partial charge is 0.416 e. The van der Waals surface area contributed by atoms with Gasteiger partial charge in [0.05, 0.1) is 12.0 Å². The SMILES string of the molecule is CN(C)[C@@H]1CCCN(C(=O)Cc2ccccc2C(F)(F)F)C1. The van der Waals surface area contributed by atoms with E-state index in [0.29, 0.717) is 13.1 Å². The monoisotopic (exact) mass is 314 g/mol. The number of hydrogen-bond donors (Lipinski definition) is 0. The molecule has 0 N–H and O–H groups in total. The number of hydrogen-bond acceptors (Lipinski definition) is 2. The molecule has 1 amide bonds. The molecule has 22 heavy (non-hydrogen) atoms. The number of carbonyl (C=O) groups is 1. The molecule has 1 atom stereocenters. The van der Waals surface area contributed by atoms with Gasteiger partial charge in [0.1, 0.15) is 0 Å². The van der Waals surface area contributed by atoms with Crippen molar-refractivity contribution in [1.29, 1.82) is 0 Å². The van der Waals surface area contributed by atoms with Crippen LogP contribution in [0.25, 0.3) is 0 Å². The summed E-state index contributed by atoms with van der Waals surface area (Å²) in [6.45, 7) is 1.21. The second kappa shape index (κ2) is 6.69. The number of piperidine rings is 1. The lowest BCUT2D eigenvalue weighted by molar-refractivity contribution is -0.139. The number of amides is 1. The van der Waals surface area contributed by atoms with E-state index in [1.165, 1.54) is 18.2 Å². The number of likely N-dealkylation sites (tertiary alicyclic amines) is 1. The third-order valence-electron chi connectivity index (χ3n) is 4.14. The van der Waals surface area contributed by atoms with E-state index in [0.717, 1.165) is 18.9 Å². The Balaban J connectivity index is 2.09. The van der Waals surface area contributed by atoms with E-state index in [1.54, 1.807) is 4.90 Å². The maximum Gasteiger partial charge on any atom is 0.416 e. The van der Waals surface area contributed by atoms with Crippen molar-refractivity contribution in [2.75, 3.05) is 27.2 Å². The van der Waals surface area contributed by atoms with Gasteiger partial charge >= 0.3 is 6.18 Å². The highest BCUT2D eigenvalue weighted by molar-refractivity contribution is 5.79. The first-order chi connectivity index (χ1) is 10.3. The smallest absolute Gasteiger partial charge is 0.341 e. The summed E-state index contributed by atoms with van der Waals surface area (Å²) in [4.78, 5) is 16.1. The van der Waals surface area contributed by atoms with Crippen LogP contribution in [0.15, 0.2) is 24.3 Å². The molecular formula is C16H21F3N2O. The molecule has 1 aromatic rings. The van der Waals surface area contributed by atoms with Crippen LogP contribution in [0.4, 0.5) is 13.2 Å². The van der Waals surface area contributed by atoms with E-state index in [9.17, 15) is 18.0 Å². The summed E-state index contributed by atoms with van der Waals surface area (Å²) < 4.78 is 38.9. The Hall–Kier alpha value is -1.56. The maximum atomic E-state index is 13.0. The molecule has 0 radical (unpaired) electrons. The molecule has 1 aromatic carbocycles. The number of benzene rings is 1. The second-order valence-electron chi connectivity index (χ2n) is 5.93. The van der Waals surface area contributed by atoms with Gasteiger partial charge in [-0.15, -0.1) is 0 Å². The minimum Gasteiger partial charge on any atom is -0.341 e. The Morgan fingerprint density at radius 2 is 2.00 bits per heavy atom. The summed E-state index contributed by atoms with van der Waals surface area (Å²) in [5, 5.41) is 0. The molecule has 0 bridgehead atoms. The predicted octanol–water partition coefficient (Wildman–Crippen LogP) is 2.80.